The molecule has 1 aliphatic rings. The molecule has 0 aliphatic carbocycles. The summed E-state index contributed by atoms with van der Waals surface area (Å²) in [4.78, 5) is 26.0. The van der Waals surface area contributed by atoms with Crippen molar-refractivity contribution in [3.05, 3.63) is 92.9 Å². The number of hydrogen-bond acceptors (Lipinski definition) is 6. The number of pyridine rings is 1. The maximum Gasteiger partial charge on any atom is 0.273 e. The molecule has 1 N–H and O–H groups in total. The summed E-state index contributed by atoms with van der Waals surface area (Å²) in [5, 5.41) is 32.5. The first-order chi connectivity index (χ1) is 16.4. The van der Waals surface area contributed by atoms with Crippen LogP contribution in [0, 0.1) is 21.4 Å². The average Bonchev–Trinajstić information content (AvgIpc) is 3.46. The maximum atomic E-state index is 13.4. The molecular weight excluding hydrogens is 434 g/mol. The topological polar surface area (TPSA) is 117 Å². The van der Waals surface area contributed by atoms with Crippen LogP contribution in [0.2, 0.25) is 0 Å². The third kappa shape index (κ3) is 3.24. The van der Waals surface area contributed by atoms with Crippen molar-refractivity contribution in [2.45, 2.75) is 25.6 Å². The lowest BCUT2D eigenvalue weighted by Gasteiger charge is -2.33. The summed E-state index contributed by atoms with van der Waals surface area (Å²) in [6.07, 6.45) is 3.63. The molecule has 2 aromatic carbocycles. The number of nitriles is 1. The predicted molar refractivity (Wildman–Crippen MR) is 128 cm³/mol. The van der Waals surface area contributed by atoms with Crippen molar-refractivity contribution in [2.75, 3.05) is 6.54 Å². The highest BCUT2D eigenvalue weighted by molar-refractivity contribution is 6.07. The van der Waals surface area contributed by atoms with Crippen molar-refractivity contribution in [3.8, 4) is 11.8 Å². The van der Waals surface area contributed by atoms with Crippen LogP contribution in [0.15, 0.2) is 71.7 Å². The summed E-state index contributed by atoms with van der Waals surface area (Å²) in [6, 6.07) is 16.8. The Hall–Kier alpha value is -4.42. The Bertz CT molecular complexity index is 1560. The van der Waals surface area contributed by atoms with Gasteiger partial charge in [0, 0.05) is 29.8 Å². The molecule has 2 atom stereocenters. The van der Waals surface area contributed by atoms with Crippen LogP contribution in [0.25, 0.3) is 27.6 Å². The second-order valence-electron chi connectivity index (χ2n) is 8.27. The van der Waals surface area contributed by atoms with Gasteiger partial charge in [-0.15, -0.1) is 0 Å². The Morgan fingerprint density at radius 3 is 2.50 bits per heavy atom. The lowest BCUT2D eigenvalue weighted by molar-refractivity contribution is -0.384. The third-order valence-electron chi connectivity index (χ3n) is 6.18. The van der Waals surface area contributed by atoms with Crippen molar-refractivity contribution in [3.63, 3.8) is 0 Å². The minimum absolute atomic E-state index is 0.0591. The van der Waals surface area contributed by atoms with E-state index in [-0.39, 0.29) is 11.3 Å². The molecule has 5 rings (SSSR count). The molecule has 1 aliphatic heterocycles. The van der Waals surface area contributed by atoms with E-state index in [2.05, 4.69) is 0 Å². The average molecular weight is 455 g/mol. The lowest BCUT2D eigenvalue weighted by atomic mass is 10.2. The first-order valence-electron chi connectivity index (χ1n) is 10.9. The van der Waals surface area contributed by atoms with Gasteiger partial charge in [-0.05, 0) is 43.8 Å². The van der Waals surface area contributed by atoms with Crippen LogP contribution < -0.4 is 5.56 Å². The van der Waals surface area contributed by atoms with E-state index in [4.69, 9.17) is 0 Å². The van der Waals surface area contributed by atoms with Gasteiger partial charge in [0.2, 0.25) is 0 Å². The zero-order valence-corrected chi connectivity index (χ0v) is 18.3. The number of nitro benzene ring substituents is 1. The van der Waals surface area contributed by atoms with Gasteiger partial charge < -0.3 is 14.6 Å². The lowest BCUT2D eigenvalue weighted by Crippen LogP contribution is -2.35. The molecule has 9 nitrogen and oxygen atoms in total. The first kappa shape index (κ1) is 21.4. The molecule has 9 heteroatoms. The van der Waals surface area contributed by atoms with Crippen molar-refractivity contribution in [2.24, 2.45) is 0 Å². The fraction of sp³-hybridized carbons (Fsp3) is 0.200. The number of aromatic nitrogens is 2. The van der Waals surface area contributed by atoms with Crippen LogP contribution in [-0.4, -0.2) is 36.7 Å². The molecule has 3 heterocycles. The molecule has 170 valence electrons. The van der Waals surface area contributed by atoms with E-state index in [1.807, 2.05) is 52.1 Å². The molecule has 34 heavy (non-hydrogen) atoms. The molecule has 0 spiro atoms. The summed E-state index contributed by atoms with van der Waals surface area (Å²) in [6.45, 7) is 2.45. The largest absolute Gasteiger partial charge is 0.389 e. The standard InChI is InChI=1S/C25H21N5O4/c1-16(31)24(27-12-4-5-13-27)29-21-7-3-2-6-20(21)23-22(29)14-17(15-26)25(32)28(23)18-8-10-19(11-9-18)30(33)34/h2-4,6-12,14,16,24,31H,5,13H2,1H3. The van der Waals surface area contributed by atoms with E-state index < -0.39 is 22.8 Å². The summed E-state index contributed by atoms with van der Waals surface area (Å²) in [7, 11) is 0. The third-order valence-corrected chi connectivity index (χ3v) is 6.18. The quantitative estimate of drug-likeness (QED) is 0.361. The normalized spacial score (nSPS) is 15.0. The summed E-state index contributed by atoms with van der Waals surface area (Å²) in [5.74, 6) is 0. The molecule has 2 unspecified atom stereocenters. The molecule has 0 fully saturated rings. The Kier molecular flexibility index (Phi) is 5.15. The number of aliphatic hydroxyl groups excluding tert-OH is 1. The zero-order chi connectivity index (χ0) is 24.0. The van der Waals surface area contributed by atoms with Crippen LogP contribution in [0.1, 0.15) is 25.1 Å². The van der Waals surface area contributed by atoms with Gasteiger partial charge in [0.25, 0.3) is 11.2 Å². The van der Waals surface area contributed by atoms with Crippen LogP contribution in [0.5, 0.6) is 0 Å². The predicted octanol–water partition coefficient (Wildman–Crippen LogP) is 3.82. The Balaban J connectivity index is 1.91. The summed E-state index contributed by atoms with van der Waals surface area (Å²) < 4.78 is 3.39. The molecule has 0 saturated heterocycles. The monoisotopic (exact) mass is 455 g/mol. The molecule has 0 radical (unpaired) electrons. The highest BCUT2D eigenvalue weighted by atomic mass is 16.6. The van der Waals surface area contributed by atoms with Crippen LogP contribution in [-0.2, 0) is 0 Å². The minimum Gasteiger partial charge on any atom is -0.389 e. The van der Waals surface area contributed by atoms with Gasteiger partial charge in [0.15, 0.2) is 0 Å². The number of non-ortho nitro benzene ring substituents is 1. The number of fused-ring (bicyclic) bond motifs is 3. The highest BCUT2D eigenvalue weighted by Crippen LogP contribution is 2.36. The van der Waals surface area contributed by atoms with Crippen molar-refractivity contribution in [1.82, 2.24) is 14.0 Å². The Morgan fingerprint density at radius 2 is 1.88 bits per heavy atom. The zero-order valence-electron chi connectivity index (χ0n) is 18.3. The number of hydrogen-bond donors (Lipinski definition) is 1. The Morgan fingerprint density at radius 1 is 1.15 bits per heavy atom. The molecule has 4 aromatic rings. The number of rotatable bonds is 5. The second-order valence-corrected chi connectivity index (χ2v) is 8.27. The number of nitro groups is 1. The number of para-hydroxylation sites is 1. The van der Waals surface area contributed by atoms with Gasteiger partial charge in [-0.25, -0.2) is 0 Å². The number of nitrogens with zero attached hydrogens (tertiary/aromatic N) is 5. The van der Waals surface area contributed by atoms with E-state index in [1.165, 1.54) is 28.8 Å². The maximum absolute atomic E-state index is 13.4. The van der Waals surface area contributed by atoms with E-state index in [1.54, 1.807) is 13.0 Å². The highest BCUT2D eigenvalue weighted by Gasteiger charge is 2.29. The first-order valence-corrected chi connectivity index (χ1v) is 10.9. The van der Waals surface area contributed by atoms with E-state index in [9.17, 15) is 25.3 Å². The summed E-state index contributed by atoms with van der Waals surface area (Å²) in [5.41, 5.74) is 1.73. The fourth-order valence-corrected chi connectivity index (χ4v) is 4.76. The second kappa shape index (κ2) is 8.17. The minimum atomic E-state index is -0.757. The Labute approximate surface area is 194 Å². The molecule has 0 saturated carbocycles. The SMILES string of the molecule is CC(O)C(N1C=CCC1)n1c2ccccc2c2c1cc(C#N)c(=O)n2-c1ccc([N+](=O)[O-])cc1. The van der Waals surface area contributed by atoms with Gasteiger partial charge in [-0.2, -0.15) is 5.26 Å². The van der Waals surface area contributed by atoms with Crippen molar-refractivity contribution in [1.29, 1.82) is 5.26 Å². The van der Waals surface area contributed by atoms with Crippen molar-refractivity contribution >= 4 is 27.6 Å². The number of aliphatic hydroxyl groups is 1. The molecular formula is C25H21N5O4. The molecule has 2 aromatic heterocycles. The van der Waals surface area contributed by atoms with Gasteiger partial charge in [-0.1, -0.05) is 24.3 Å². The number of benzene rings is 2. The van der Waals surface area contributed by atoms with Crippen LogP contribution >= 0.6 is 0 Å². The van der Waals surface area contributed by atoms with E-state index in [0.717, 1.165) is 23.9 Å². The fourth-order valence-electron chi connectivity index (χ4n) is 4.76. The van der Waals surface area contributed by atoms with Gasteiger partial charge in [0.05, 0.1) is 27.6 Å². The van der Waals surface area contributed by atoms with E-state index >= 15 is 0 Å². The summed E-state index contributed by atoms with van der Waals surface area (Å²) >= 11 is 0. The van der Waals surface area contributed by atoms with Crippen LogP contribution in [0.3, 0.4) is 0 Å². The molecule has 0 bridgehead atoms. The van der Waals surface area contributed by atoms with Gasteiger partial charge in [-0.3, -0.25) is 19.5 Å². The van der Waals surface area contributed by atoms with Crippen LogP contribution in [0.4, 0.5) is 5.69 Å². The smallest absolute Gasteiger partial charge is 0.273 e. The van der Waals surface area contributed by atoms with Gasteiger partial charge in [0.1, 0.15) is 17.8 Å². The molecule has 0 amide bonds. The van der Waals surface area contributed by atoms with Crippen molar-refractivity contribution < 1.29 is 10.0 Å². The van der Waals surface area contributed by atoms with Gasteiger partial charge >= 0.3 is 0 Å². The van der Waals surface area contributed by atoms with E-state index in [0.29, 0.717) is 16.7 Å².